The minimum Gasteiger partial charge on any atom is -0.351 e. The van der Waals surface area contributed by atoms with Crippen molar-refractivity contribution in [2.45, 2.75) is 19.9 Å². The van der Waals surface area contributed by atoms with E-state index in [1.807, 2.05) is 18.2 Å². The lowest BCUT2D eigenvalue weighted by Crippen LogP contribution is -2.33. The van der Waals surface area contributed by atoms with E-state index >= 15 is 0 Å². The predicted octanol–water partition coefficient (Wildman–Crippen LogP) is 2.28. The van der Waals surface area contributed by atoms with Gasteiger partial charge in [0.05, 0.1) is 12.1 Å². The number of halogens is 1. The zero-order valence-electron chi connectivity index (χ0n) is 13.7. The third kappa shape index (κ3) is 5.22. The Kier molecular flexibility index (Phi) is 7.03. The molecule has 0 aliphatic carbocycles. The highest BCUT2D eigenvalue weighted by molar-refractivity contribution is 6.31. The van der Waals surface area contributed by atoms with Gasteiger partial charge in [-0.2, -0.15) is 0 Å². The molecule has 0 spiro atoms. The number of hydrogen-bond acceptors (Lipinski definition) is 3. The van der Waals surface area contributed by atoms with Gasteiger partial charge in [-0.15, -0.1) is 0 Å². The Morgan fingerprint density at radius 1 is 1.12 bits per heavy atom. The van der Waals surface area contributed by atoms with E-state index in [4.69, 9.17) is 11.6 Å². The minimum absolute atomic E-state index is 0.170. The Hall–Kier alpha value is -2.11. The topological polar surface area (TPSA) is 63.1 Å². The highest BCUT2D eigenvalue weighted by Crippen LogP contribution is 2.15. The maximum atomic E-state index is 12.2. The number of carbonyl (C=O) groups is 1. The van der Waals surface area contributed by atoms with E-state index in [2.05, 4.69) is 17.6 Å². The average Bonchev–Trinajstić information content (AvgIpc) is 2.58. The molecule has 0 saturated carbocycles. The molecule has 1 amide bonds. The van der Waals surface area contributed by atoms with Crippen molar-refractivity contribution >= 4 is 17.5 Å². The first-order chi connectivity index (χ1) is 11.6. The Morgan fingerprint density at radius 2 is 1.92 bits per heavy atom. The highest BCUT2D eigenvalue weighted by Gasteiger charge is 2.08. The van der Waals surface area contributed by atoms with Crippen molar-refractivity contribution in [3.8, 4) is 0 Å². The molecule has 24 heavy (non-hydrogen) atoms. The molecule has 0 radical (unpaired) electrons. The number of amides is 1. The molecule has 2 aromatic rings. The molecule has 0 saturated heterocycles. The summed E-state index contributed by atoms with van der Waals surface area (Å²) in [5, 5.41) is 6.65. The first-order valence-corrected chi connectivity index (χ1v) is 8.42. The van der Waals surface area contributed by atoms with E-state index in [9.17, 15) is 9.59 Å². The van der Waals surface area contributed by atoms with E-state index in [1.165, 1.54) is 10.6 Å². The molecule has 2 N–H and O–H groups in total. The number of hydrogen-bond donors (Lipinski definition) is 2. The molecular weight excluding hydrogens is 326 g/mol. The molecule has 0 atom stereocenters. The minimum atomic E-state index is -0.193. The van der Waals surface area contributed by atoms with E-state index in [0.29, 0.717) is 23.7 Å². The second-order valence-corrected chi connectivity index (χ2v) is 5.89. The lowest BCUT2D eigenvalue weighted by molar-refractivity contribution is 0.0953. The van der Waals surface area contributed by atoms with E-state index in [-0.39, 0.29) is 11.5 Å². The Morgan fingerprint density at radius 3 is 2.67 bits per heavy atom. The summed E-state index contributed by atoms with van der Waals surface area (Å²) in [6, 6.07) is 10.3. The fourth-order valence-corrected chi connectivity index (χ4v) is 2.46. The van der Waals surface area contributed by atoms with Crippen LogP contribution < -0.4 is 16.2 Å². The van der Waals surface area contributed by atoms with Crippen LogP contribution >= 0.6 is 11.6 Å². The van der Waals surface area contributed by atoms with E-state index < -0.39 is 0 Å². The lowest BCUT2D eigenvalue weighted by atomic mass is 10.2. The monoisotopic (exact) mass is 347 g/mol. The van der Waals surface area contributed by atoms with Crippen LogP contribution in [0, 0.1) is 0 Å². The average molecular weight is 348 g/mol. The maximum absolute atomic E-state index is 12.2. The molecule has 0 bridgehead atoms. The number of aromatic nitrogens is 1. The number of benzene rings is 1. The standard InChI is InChI=1S/C18H22ClN3O2/c1-2-9-20-10-11-21-18(24)15-7-8-17(23)22(13-15)12-14-5-3-4-6-16(14)19/h3-8,13,20H,2,9-12H2,1H3,(H,21,24). The first kappa shape index (κ1) is 18.2. The van der Waals surface area contributed by atoms with Gasteiger partial charge in [0, 0.05) is 30.4 Å². The lowest BCUT2D eigenvalue weighted by Gasteiger charge is -2.10. The third-order valence-corrected chi connectivity index (χ3v) is 3.93. The summed E-state index contributed by atoms with van der Waals surface area (Å²) >= 11 is 6.14. The summed E-state index contributed by atoms with van der Waals surface area (Å²) in [5.41, 5.74) is 1.12. The molecule has 128 valence electrons. The summed E-state index contributed by atoms with van der Waals surface area (Å²) in [6.07, 6.45) is 2.63. The maximum Gasteiger partial charge on any atom is 0.252 e. The summed E-state index contributed by atoms with van der Waals surface area (Å²) in [4.78, 5) is 24.2. The summed E-state index contributed by atoms with van der Waals surface area (Å²) < 4.78 is 1.49. The zero-order chi connectivity index (χ0) is 17.4. The number of nitrogens with one attached hydrogen (secondary N) is 2. The van der Waals surface area contributed by atoms with Crippen LogP contribution in [-0.4, -0.2) is 30.1 Å². The summed E-state index contributed by atoms with van der Waals surface area (Å²) in [6.45, 7) is 4.62. The van der Waals surface area contributed by atoms with Crippen molar-refractivity contribution in [3.05, 3.63) is 69.1 Å². The van der Waals surface area contributed by atoms with Crippen LogP contribution in [0.3, 0.4) is 0 Å². The van der Waals surface area contributed by atoms with Gasteiger partial charge in [-0.3, -0.25) is 9.59 Å². The Bertz CT molecular complexity index is 743. The van der Waals surface area contributed by atoms with Crippen LogP contribution in [0.25, 0.3) is 0 Å². The quantitative estimate of drug-likeness (QED) is 0.720. The SMILES string of the molecule is CCCNCCNC(=O)c1ccc(=O)n(Cc2ccccc2Cl)c1. The van der Waals surface area contributed by atoms with Gasteiger partial charge in [0.1, 0.15) is 0 Å². The molecule has 6 heteroatoms. The van der Waals surface area contributed by atoms with Crippen LogP contribution in [0.1, 0.15) is 29.3 Å². The summed E-state index contributed by atoms with van der Waals surface area (Å²) in [7, 11) is 0. The van der Waals surface area contributed by atoms with Gasteiger partial charge in [-0.05, 0) is 30.7 Å². The van der Waals surface area contributed by atoms with Gasteiger partial charge < -0.3 is 15.2 Å². The molecule has 5 nitrogen and oxygen atoms in total. The zero-order valence-corrected chi connectivity index (χ0v) is 14.5. The number of rotatable bonds is 8. The van der Waals surface area contributed by atoms with E-state index in [1.54, 1.807) is 18.3 Å². The van der Waals surface area contributed by atoms with Crippen molar-refractivity contribution in [1.82, 2.24) is 15.2 Å². The third-order valence-electron chi connectivity index (χ3n) is 3.56. The molecular formula is C18H22ClN3O2. The number of nitrogens with zero attached hydrogens (tertiary/aromatic N) is 1. The Balaban J connectivity index is 2.04. The molecule has 0 aliphatic rings. The van der Waals surface area contributed by atoms with Crippen molar-refractivity contribution in [2.75, 3.05) is 19.6 Å². The Labute approximate surface area is 146 Å². The number of carbonyl (C=O) groups excluding carboxylic acids is 1. The fourth-order valence-electron chi connectivity index (χ4n) is 2.27. The van der Waals surface area contributed by atoms with E-state index in [0.717, 1.165) is 25.1 Å². The van der Waals surface area contributed by atoms with Gasteiger partial charge in [-0.25, -0.2) is 0 Å². The molecule has 1 aromatic carbocycles. The molecule has 0 fully saturated rings. The fraction of sp³-hybridized carbons (Fsp3) is 0.333. The van der Waals surface area contributed by atoms with Gasteiger partial charge in [0.15, 0.2) is 0 Å². The molecule has 1 aromatic heterocycles. The smallest absolute Gasteiger partial charge is 0.252 e. The molecule has 2 rings (SSSR count). The second kappa shape index (κ2) is 9.25. The highest BCUT2D eigenvalue weighted by atomic mass is 35.5. The van der Waals surface area contributed by atoms with Gasteiger partial charge in [0.25, 0.3) is 11.5 Å². The number of pyridine rings is 1. The van der Waals surface area contributed by atoms with Crippen LogP contribution in [0.4, 0.5) is 0 Å². The van der Waals surface area contributed by atoms with Crippen molar-refractivity contribution in [2.24, 2.45) is 0 Å². The molecule has 0 unspecified atom stereocenters. The van der Waals surface area contributed by atoms with Crippen molar-refractivity contribution < 1.29 is 4.79 Å². The molecule has 0 aliphatic heterocycles. The normalized spacial score (nSPS) is 10.6. The van der Waals surface area contributed by atoms with Crippen LogP contribution in [0.2, 0.25) is 5.02 Å². The van der Waals surface area contributed by atoms with Crippen molar-refractivity contribution in [1.29, 1.82) is 0 Å². The first-order valence-electron chi connectivity index (χ1n) is 8.04. The van der Waals surface area contributed by atoms with Gasteiger partial charge in [-0.1, -0.05) is 36.7 Å². The van der Waals surface area contributed by atoms with Crippen LogP contribution in [-0.2, 0) is 6.54 Å². The molecule has 1 heterocycles. The van der Waals surface area contributed by atoms with Gasteiger partial charge in [0.2, 0.25) is 0 Å². The van der Waals surface area contributed by atoms with Gasteiger partial charge >= 0.3 is 0 Å². The predicted molar refractivity (Wildman–Crippen MR) is 96.7 cm³/mol. The van der Waals surface area contributed by atoms with Crippen LogP contribution in [0.15, 0.2) is 47.4 Å². The summed E-state index contributed by atoms with van der Waals surface area (Å²) in [5.74, 6) is -0.193. The van der Waals surface area contributed by atoms with Crippen LogP contribution in [0.5, 0.6) is 0 Å². The largest absolute Gasteiger partial charge is 0.351 e. The van der Waals surface area contributed by atoms with Crippen molar-refractivity contribution in [3.63, 3.8) is 0 Å². The second-order valence-electron chi connectivity index (χ2n) is 5.48.